The molecule has 2 aromatic heterocycles. The summed E-state index contributed by atoms with van der Waals surface area (Å²) in [6.45, 7) is 8.81. The van der Waals surface area contributed by atoms with Crippen LogP contribution in [0.15, 0.2) is 179 Å². The average molecular weight is 883 g/mol. The number of aryl methyl sites for hydroxylation is 2. The number of fused-ring (bicyclic) bond motifs is 9. The van der Waals surface area contributed by atoms with Gasteiger partial charge in [-0.3, -0.25) is 0 Å². The third-order valence-electron chi connectivity index (χ3n) is 15.6. The van der Waals surface area contributed by atoms with Crippen LogP contribution in [0.1, 0.15) is 91.0 Å². The van der Waals surface area contributed by atoms with Gasteiger partial charge in [-0.25, -0.2) is 0 Å². The summed E-state index contributed by atoms with van der Waals surface area (Å²) in [5, 5.41) is 9.27. The van der Waals surface area contributed by atoms with Crippen LogP contribution in [0.5, 0.6) is 0 Å². The van der Waals surface area contributed by atoms with Gasteiger partial charge in [0.1, 0.15) is 11.2 Å². The Hall–Kier alpha value is -7.56. The largest absolute Gasteiger partial charge is 0.454 e. The van der Waals surface area contributed by atoms with Gasteiger partial charge in [0.15, 0.2) is 11.2 Å². The van der Waals surface area contributed by atoms with Crippen LogP contribution >= 0.6 is 0 Å². The summed E-state index contributed by atoms with van der Waals surface area (Å²) in [5.41, 5.74) is 16.4. The lowest BCUT2D eigenvalue weighted by Crippen LogP contribution is -2.12. The van der Waals surface area contributed by atoms with Crippen LogP contribution in [0.4, 0.5) is 34.1 Å². The Morgan fingerprint density at radius 1 is 0.426 bits per heavy atom. The maximum atomic E-state index is 7.16. The lowest BCUT2D eigenvalue weighted by molar-refractivity contribution is 0.643. The van der Waals surface area contributed by atoms with E-state index in [4.69, 9.17) is 8.83 Å². The molecule has 0 spiro atoms. The molecule has 0 N–H and O–H groups in total. The Labute approximate surface area is 397 Å². The number of furan rings is 2. The van der Waals surface area contributed by atoms with Gasteiger partial charge in [-0.1, -0.05) is 160 Å². The highest BCUT2D eigenvalue weighted by Crippen LogP contribution is 2.50. The van der Waals surface area contributed by atoms with E-state index in [1.807, 2.05) is 6.08 Å². The molecule has 13 rings (SSSR count). The molecule has 4 heteroatoms. The van der Waals surface area contributed by atoms with Crippen molar-refractivity contribution < 1.29 is 8.83 Å². The Kier molecular flexibility index (Phi) is 9.78. The van der Waals surface area contributed by atoms with Crippen molar-refractivity contribution in [3.05, 3.63) is 198 Å². The third kappa shape index (κ3) is 6.41. The average Bonchev–Trinajstić information content (AvgIpc) is 4.23. The second-order valence-electron chi connectivity index (χ2n) is 19.4. The van der Waals surface area contributed by atoms with Gasteiger partial charge in [-0.05, 0) is 138 Å². The van der Waals surface area contributed by atoms with E-state index in [-0.39, 0.29) is 0 Å². The lowest BCUT2D eigenvalue weighted by atomic mass is 9.94. The summed E-state index contributed by atoms with van der Waals surface area (Å²) in [4.78, 5) is 4.84. The van der Waals surface area contributed by atoms with Crippen molar-refractivity contribution in [1.82, 2.24) is 0 Å². The van der Waals surface area contributed by atoms with Gasteiger partial charge in [0, 0.05) is 44.0 Å². The van der Waals surface area contributed by atoms with Crippen LogP contribution in [0.3, 0.4) is 0 Å². The van der Waals surface area contributed by atoms with E-state index in [0.29, 0.717) is 11.8 Å². The summed E-state index contributed by atoms with van der Waals surface area (Å²) in [7, 11) is 0. The van der Waals surface area contributed by atoms with E-state index in [9.17, 15) is 0 Å². The van der Waals surface area contributed by atoms with Crippen molar-refractivity contribution in [2.75, 3.05) is 9.80 Å². The molecule has 0 aliphatic heterocycles. The molecule has 0 bridgehead atoms. The summed E-state index contributed by atoms with van der Waals surface area (Å²) in [6.07, 6.45) is 12.0. The number of hydrogen-bond donors (Lipinski definition) is 0. The standard InChI is InChI=1S/C64H54N2O2/c1-4-42-35-38-57(66(56-30-12-6-18-41(56)3)59-32-16-28-52-50-26-14-24-48(44-21-9-10-22-44)62(50)68-64(52)59)53-37-34-45-33-36-46(39-54(45)60(42)53)65(55-29-11-5-17-40(55)2)58-31-15-27-51-49-25-13-23-47(43-19-7-8-20-43)61(49)67-63(51)58/h4-6,11-18,23-39,43-44H,1,7-10,19-22H2,2-3H3. The summed E-state index contributed by atoms with van der Waals surface area (Å²) in [6, 6.07) is 60.3. The van der Waals surface area contributed by atoms with Crippen molar-refractivity contribution in [2.45, 2.75) is 77.0 Å². The molecule has 0 saturated heterocycles. The molecule has 0 radical (unpaired) electrons. The van der Waals surface area contributed by atoms with Crippen LogP contribution < -0.4 is 9.80 Å². The first-order valence-electron chi connectivity index (χ1n) is 24.8. The Morgan fingerprint density at radius 3 is 1.47 bits per heavy atom. The zero-order valence-corrected chi connectivity index (χ0v) is 38.9. The van der Waals surface area contributed by atoms with E-state index in [1.165, 1.54) is 84.4 Å². The molecule has 2 fully saturated rings. The smallest absolute Gasteiger partial charge is 0.159 e. The number of para-hydroxylation sites is 6. The van der Waals surface area contributed by atoms with E-state index < -0.39 is 0 Å². The van der Waals surface area contributed by atoms with Crippen molar-refractivity contribution in [3.8, 4) is 0 Å². The van der Waals surface area contributed by atoms with Crippen LogP contribution in [0.25, 0.3) is 71.5 Å². The Morgan fingerprint density at radius 2 is 0.912 bits per heavy atom. The maximum Gasteiger partial charge on any atom is 0.159 e. The molecule has 68 heavy (non-hydrogen) atoms. The molecule has 2 aliphatic rings. The topological polar surface area (TPSA) is 32.8 Å². The summed E-state index contributed by atoms with van der Waals surface area (Å²) in [5.74, 6) is 1.07. The van der Waals surface area contributed by atoms with E-state index >= 15 is 0 Å². The minimum atomic E-state index is 0.534. The monoisotopic (exact) mass is 882 g/mol. The predicted octanol–water partition coefficient (Wildman–Crippen LogP) is 19.3. The first-order valence-corrected chi connectivity index (χ1v) is 24.8. The minimum Gasteiger partial charge on any atom is -0.454 e. The predicted molar refractivity (Wildman–Crippen MR) is 287 cm³/mol. The van der Waals surface area contributed by atoms with Crippen molar-refractivity contribution in [2.24, 2.45) is 0 Å². The van der Waals surface area contributed by atoms with Crippen molar-refractivity contribution in [1.29, 1.82) is 0 Å². The fraction of sp³-hybridized carbons (Fsp3) is 0.188. The fourth-order valence-electron chi connectivity index (χ4n) is 12.2. The molecule has 332 valence electrons. The summed E-state index contributed by atoms with van der Waals surface area (Å²) >= 11 is 0. The second-order valence-corrected chi connectivity index (χ2v) is 19.4. The minimum absolute atomic E-state index is 0.534. The highest BCUT2D eigenvalue weighted by molar-refractivity contribution is 6.19. The number of hydrogen-bond acceptors (Lipinski definition) is 4. The number of rotatable bonds is 9. The van der Waals surface area contributed by atoms with Crippen molar-refractivity contribution in [3.63, 3.8) is 0 Å². The quantitative estimate of drug-likeness (QED) is 0.135. The molecular weight excluding hydrogens is 829 g/mol. The lowest BCUT2D eigenvalue weighted by Gasteiger charge is -2.29. The van der Waals surface area contributed by atoms with Gasteiger partial charge >= 0.3 is 0 Å². The highest BCUT2D eigenvalue weighted by atomic mass is 16.3. The van der Waals surface area contributed by atoms with Crippen LogP contribution in [0.2, 0.25) is 0 Å². The molecule has 9 aromatic carbocycles. The summed E-state index contributed by atoms with van der Waals surface area (Å²) < 4.78 is 14.3. The molecule has 2 saturated carbocycles. The molecule has 2 heterocycles. The van der Waals surface area contributed by atoms with E-state index in [2.05, 4.69) is 194 Å². The Bertz CT molecular complexity index is 3780. The van der Waals surface area contributed by atoms with Crippen LogP contribution in [-0.2, 0) is 0 Å². The molecule has 11 aromatic rings. The molecule has 0 amide bonds. The van der Waals surface area contributed by atoms with Crippen LogP contribution in [-0.4, -0.2) is 0 Å². The number of anilines is 6. The zero-order chi connectivity index (χ0) is 45.5. The van der Waals surface area contributed by atoms with Gasteiger partial charge in [-0.15, -0.1) is 0 Å². The van der Waals surface area contributed by atoms with Gasteiger partial charge < -0.3 is 18.6 Å². The SMILES string of the molecule is C=Cc1ccc(N(c2ccccc2C)c2cccc3c2oc2c(C4CCCC4)cccc23)c2ccc3ccc(N(c4ccccc4C)c4cccc5c4oc4c(C6CCCC6)cccc45)cc3c12. The van der Waals surface area contributed by atoms with Crippen LogP contribution in [0, 0.1) is 13.8 Å². The number of benzene rings is 9. The Balaban J connectivity index is 1.04. The van der Waals surface area contributed by atoms with Gasteiger partial charge in [0.2, 0.25) is 0 Å². The normalized spacial score (nSPS) is 14.7. The highest BCUT2D eigenvalue weighted by Gasteiger charge is 2.28. The zero-order valence-electron chi connectivity index (χ0n) is 38.9. The molecular formula is C64H54N2O2. The van der Waals surface area contributed by atoms with Gasteiger partial charge in [0.05, 0.1) is 17.1 Å². The van der Waals surface area contributed by atoms with Gasteiger partial charge in [0.25, 0.3) is 0 Å². The van der Waals surface area contributed by atoms with E-state index in [1.54, 1.807) is 0 Å². The van der Waals surface area contributed by atoms with Gasteiger partial charge in [-0.2, -0.15) is 0 Å². The molecule has 0 unspecified atom stereocenters. The second kappa shape index (κ2) is 16.3. The fourth-order valence-corrected chi connectivity index (χ4v) is 12.2. The first kappa shape index (κ1) is 40.7. The maximum absolute atomic E-state index is 7.16. The molecule has 4 nitrogen and oxygen atoms in total. The van der Waals surface area contributed by atoms with E-state index in [0.717, 1.165) is 94.3 Å². The van der Waals surface area contributed by atoms with Crippen molar-refractivity contribution >= 4 is 106 Å². The third-order valence-corrected chi connectivity index (χ3v) is 15.6. The first-order chi connectivity index (χ1) is 33.5. The molecule has 2 aliphatic carbocycles. The number of nitrogens with zero attached hydrogens (tertiary/aromatic N) is 2. The molecule has 0 atom stereocenters.